The molecule has 0 aliphatic carbocycles. The molecule has 0 saturated heterocycles. The van der Waals surface area contributed by atoms with Gasteiger partial charge in [-0.15, -0.1) is 0 Å². The van der Waals surface area contributed by atoms with Gasteiger partial charge in [0.25, 0.3) is 0 Å². The summed E-state index contributed by atoms with van der Waals surface area (Å²) in [6, 6.07) is 13.9. The van der Waals surface area contributed by atoms with Crippen LogP contribution in [0.4, 0.5) is 0 Å². The number of carbonyl (C=O) groups excluding carboxylic acids is 2. The Labute approximate surface area is 239 Å². The van der Waals surface area contributed by atoms with Gasteiger partial charge in [0, 0.05) is 44.6 Å². The van der Waals surface area contributed by atoms with E-state index in [1.165, 1.54) is 19.3 Å². The van der Waals surface area contributed by atoms with E-state index in [2.05, 4.69) is 46.8 Å². The summed E-state index contributed by atoms with van der Waals surface area (Å²) in [5.41, 5.74) is 4.80. The summed E-state index contributed by atoms with van der Waals surface area (Å²) in [4.78, 5) is 35.7. The number of aromatic nitrogens is 1. The largest absolute Gasteiger partial charge is 0.478 e. The van der Waals surface area contributed by atoms with E-state index in [1.54, 1.807) is 38.1 Å². The molecule has 0 unspecified atom stereocenters. The average molecular weight is 555 g/mol. The fourth-order valence-corrected chi connectivity index (χ4v) is 3.31. The number of para-hydroxylation sites is 1. The quantitative estimate of drug-likeness (QED) is 0.127. The van der Waals surface area contributed by atoms with Crippen LogP contribution in [0.3, 0.4) is 0 Å². The van der Waals surface area contributed by atoms with Crippen LogP contribution in [0.5, 0.6) is 0 Å². The van der Waals surface area contributed by atoms with Crippen LogP contribution in [0.15, 0.2) is 97.7 Å². The van der Waals surface area contributed by atoms with Crippen LogP contribution in [-0.4, -0.2) is 41.7 Å². The zero-order valence-corrected chi connectivity index (χ0v) is 23.5. The molecule has 0 atom stereocenters. The van der Waals surface area contributed by atoms with Crippen molar-refractivity contribution in [3.05, 3.63) is 109 Å². The van der Waals surface area contributed by atoms with Crippen molar-refractivity contribution < 1.29 is 29.0 Å². The van der Waals surface area contributed by atoms with E-state index in [4.69, 9.17) is 10.4 Å². The van der Waals surface area contributed by atoms with Gasteiger partial charge in [0.1, 0.15) is 6.61 Å². The average Bonchev–Trinajstić information content (AvgIpc) is 3.35. The van der Waals surface area contributed by atoms with Gasteiger partial charge in [-0.3, -0.25) is 0 Å². The molecule has 8 nitrogen and oxygen atoms in total. The number of ether oxygens (including phenoxy) is 2. The number of allylic oxidation sites excluding steroid dienone is 2. The Morgan fingerprint density at radius 1 is 1.05 bits per heavy atom. The maximum absolute atomic E-state index is 11.1. The summed E-state index contributed by atoms with van der Waals surface area (Å²) >= 11 is 0. The number of hydrogen-bond donors (Lipinski definition) is 2. The van der Waals surface area contributed by atoms with Crippen LogP contribution in [-0.2, 0) is 23.9 Å². The smallest absolute Gasteiger partial charge is 0.333 e. The highest BCUT2D eigenvalue weighted by Crippen LogP contribution is 2.31. The van der Waals surface area contributed by atoms with E-state index in [1.807, 2.05) is 30.3 Å². The van der Waals surface area contributed by atoms with Gasteiger partial charge in [0.05, 0.1) is 18.7 Å². The first-order valence-corrected chi connectivity index (χ1v) is 12.3. The highest BCUT2D eigenvalue weighted by Gasteiger charge is 2.11. The number of fused-ring (bicyclic) bond motifs is 3. The first-order chi connectivity index (χ1) is 19.5. The maximum Gasteiger partial charge on any atom is 0.333 e. The van der Waals surface area contributed by atoms with Crippen LogP contribution < -0.4 is 0 Å². The van der Waals surface area contributed by atoms with E-state index in [0.717, 1.165) is 32.9 Å². The fraction of sp³-hybridized carbons (Fsp3) is 0.152. The fourth-order valence-electron chi connectivity index (χ4n) is 3.31. The summed E-state index contributed by atoms with van der Waals surface area (Å²) in [7, 11) is 1.29. The van der Waals surface area contributed by atoms with Crippen molar-refractivity contribution in [3.63, 3.8) is 0 Å². The lowest BCUT2D eigenvalue weighted by Crippen LogP contribution is -2.03. The van der Waals surface area contributed by atoms with Crippen molar-refractivity contribution >= 4 is 51.9 Å². The number of esters is 2. The van der Waals surface area contributed by atoms with Crippen LogP contribution in [0.1, 0.15) is 31.4 Å². The van der Waals surface area contributed by atoms with Gasteiger partial charge in [0.15, 0.2) is 0 Å². The Morgan fingerprint density at radius 3 is 2.29 bits per heavy atom. The summed E-state index contributed by atoms with van der Waals surface area (Å²) in [5, 5.41) is 19.4. The van der Waals surface area contributed by atoms with E-state index >= 15 is 0 Å². The number of nitrogens with zero attached hydrogens (tertiary/aromatic N) is 1. The zero-order chi connectivity index (χ0) is 30.9. The molecule has 0 spiro atoms. The molecule has 3 aromatic rings. The molecule has 0 radical (unpaired) electrons. The maximum atomic E-state index is 11.1. The van der Waals surface area contributed by atoms with Gasteiger partial charge in [-0.05, 0) is 38.0 Å². The lowest BCUT2D eigenvalue weighted by Gasteiger charge is -2.04. The van der Waals surface area contributed by atoms with Crippen LogP contribution in [0, 0.1) is 11.3 Å². The van der Waals surface area contributed by atoms with Crippen molar-refractivity contribution in [1.29, 1.82) is 5.26 Å². The summed E-state index contributed by atoms with van der Waals surface area (Å²) in [6.45, 7) is 17.5. The molecule has 2 N–H and O–H groups in total. The standard InChI is InChI=1S/C18H15NO2.C8H9NO2.C7H10O2/c1-3-12-8-9-14-13-6-4-5-7-16(13)19-17(14)15(12)10-11(2)18(20)21;1-7(8(10)11-2)5-3-4-6-9;1-4-5-9-7(8)6(2)3/h3-10,19H,1H2,2H3,(H,20,21);3-4H,1,5H2,2H3;4H,1-2,5H2,3H3. The highest BCUT2D eigenvalue weighted by atomic mass is 16.5. The number of aliphatic carboxylic acids is 1. The molecular formula is C33H34N2O6. The zero-order valence-electron chi connectivity index (χ0n) is 23.5. The highest BCUT2D eigenvalue weighted by molar-refractivity contribution is 6.11. The number of nitrogens with one attached hydrogen (secondary N) is 1. The lowest BCUT2D eigenvalue weighted by molar-refractivity contribution is -0.138. The van der Waals surface area contributed by atoms with Crippen LogP contribution in [0.25, 0.3) is 34.0 Å². The molecule has 2 aromatic carbocycles. The molecule has 1 aromatic heterocycles. The van der Waals surface area contributed by atoms with E-state index in [9.17, 15) is 14.4 Å². The molecular weight excluding hydrogens is 520 g/mol. The number of rotatable bonds is 9. The second kappa shape index (κ2) is 17.2. The topological polar surface area (TPSA) is 129 Å². The van der Waals surface area contributed by atoms with E-state index in [0.29, 0.717) is 23.1 Å². The molecule has 0 aliphatic heterocycles. The predicted octanol–water partition coefficient (Wildman–Crippen LogP) is 6.93. The second-order valence-electron chi connectivity index (χ2n) is 8.50. The van der Waals surface area contributed by atoms with Crippen LogP contribution >= 0.6 is 0 Å². The third-order valence-electron chi connectivity index (χ3n) is 5.39. The molecule has 3 rings (SSSR count). The monoisotopic (exact) mass is 554 g/mol. The van der Waals surface area contributed by atoms with Gasteiger partial charge in [0.2, 0.25) is 0 Å². The van der Waals surface area contributed by atoms with Crippen molar-refractivity contribution in [2.24, 2.45) is 0 Å². The number of nitriles is 1. The lowest BCUT2D eigenvalue weighted by atomic mass is 10.0. The minimum Gasteiger partial charge on any atom is -0.478 e. The predicted molar refractivity (Wildman–Crippen MR) is 164 cm³/mol. The third-order valence-corrected chi connectivity index (χ3v) is 5.39. The van der Waals surface area contributed by atoms with Gasteiger partial charge < -0.3 is 19.6 Å². The molecule has 0 amide bonds. The number of methoxy groups -OCH3 is 1. The van der Waals surface area contributed by atoms with E-state index < -0.39 is 11.9 Å². The molecule has 41 heavy (non-hydrogen) atoms. The number of carboxylic acids is 1. The molecule has 0 fully saturated rings. The molecule has 212 valence electrons. The number of carbonyl (C=O) groups is 3. The Balaban J connectivity index is 0.000000355. The van der Waals surface area contributed by atoms with Crippen LogP contribution in [0.2, 0.25) is 0 Å². The van der Waals surface area contributed by atoms with Gasteiger partial charge >= 0.3 is 17.9 Å². The summed E-state index contributed by atoms with van der Waals surface area (Å²) in [6.07, 6.45) is 8.16. The van der Waals surface area contributed by atoms with Gasteiger partial charge in [-0.1, -0.05) is 74.9 Å². The number of benzene rings is 2. The minimum atomic E-state index is -0.918. The van der Waals surface area contributed by atoms with Crippen molar-refractivity contribution in [2.45, 2.75) is 20.3 Å². The van der Waals surface area contributed by atoms with Crippen molar-refractivity contribution in [1.82, 2.24) is 4.98 Å². The molecule has 8 heteroatoms. The minimum absolute atomic E-state index is 0.256. The molecule has 0 aliphatic rings. The first kappa shape index (κ1) is 33.6. The number of carboxylic acid groups (broad SMARTS) is 1. The summed E-state index contributed by atoms with van der Waals surface area (Å²) < 4.78 is 8.98. The van der Waals surface area contributed by atoms with Gasteiger partial charge in [-0.25, -0.2) is 14.4 Å². The Bertz CT molecular complexity index is 1560. The Kier molecular flexibility index (Phi) is 14.1. The SMILES string of the molecule is C=C(CC=CC#N)C(=O)OC.C=CCOC(=O)C(=C)C.C=Cc1ccc2c([nH]c3ccccc32)c1C=C(C)C(=O)O. The summed E-state index contributed by atoms with van der Waals surface area (Å²) in [5.74, 6) is -1.72. The Morgan fingerprint density at radius 2 is 1.73 bits per heavy atom. The van der Waals surface area contributed by atoms with E-state index in [-0.39, 0.29) is 12.6 Å². The molecule has 1 heterocycles. The second-order valence-corrected chi connectivity index (χ2v) is 8.50. The number of H-pyrrole nitrogens is 1. The molecule has 0 saturated carbocycles. The van der Waals surface area contributed by atoms with Gasteiger partial charge in [-0.2, -0.15) is 5.26 Å². The van der Waals surface area contributed by atoms with Crippen molar-refractivity contribution in [2.75, 3.05) is 13.7 Å². The Hall–Kier alpha value is -5.42. The third kappa shape index (κ3) is 10.3. The normalized spacial score (nSPS) is 10.3. The number of aromatic amines is 1. The van der Waals surface area contributed by atoms with Crippen molar-refractivity contribution in [3.8, 4) is 6.07 Å². The first-order valence-electron chi connectivity index (χ1n) is 12.3. The number of hydrogen-bond acceptors (Lipinski definition) is 6. The molecule has 0 bridgehead atoms.